The van der Waals surface area contributed by atoms with Crippen LogP contribution in [0.4, 0.5) is 13.2 Å². The van der Waals surface area contributed by atoms with Crippen molar-refractivity contribution in [1.82, 2.24) is 4.98 Å². The lowest BCUT2D eigenvalue weighted by atomic mass is 10.2. The van der Waals surface area contributed by atoms with E-state index in [4.69, 9.17) is 21.1 Å². The van der Waals surface area contributed by atoms with Gasteiger partial charge >= 0.3 is 12.3 Å². The molecule has 0 saturated carbocycles. The number of alkyl halides is 4. The van der Waals surface area contributed by atoms with Crippen LogP contribution < -0.4 is 9.47 Å². The lowest BCUT2D eigenvalue weighted by Gasteiger charge is -2.15. The molecule has 0 amide bonds. The lowest BCUT2D eigenvalue weighted by Crippen LogP contribution is -2.19. The van der Waals surface area contributed by atoms with E-state index in [0.717, 1.165) is 0 Å². The fourth-order valence-electron chi connectivity index (χ4n) is 1.56. The van der Waals surface area contributed by atoms with Crippen LogP contribution in [0.1, 0.15) is 18.2 Å². The zero-order chi connectivity index (χ0) is 16.0. The summed E-state index contributed by atoms with van der Waals surface area (Å²) in [6, 6.07) is 1.37. The molecule has 0 N–H and O–H groups in total. The fraction of sp³-hybridized carbons (Fsp3) is 0.500. The van der Waals surface area contributed by atoms with Crippen molar-refractivity contribution in [2.75, 3.05) is 13.7 Å². The van der Waals surface area contributed by atoms with Crippen LogP contribution in [0.5, 0.6) is 11.6 Å². The first-order chi connectivity index (χ1) is 9.80. The van der Waals surface area contributed by atoms with Crippen LogP contribution in [0.3, 0.4) is 0 Å². The molecule has 0 bridgehead atoms. The molecule has 9 heteroatoms. The first-order valence-electron chi connectivity index (χ1n) is 5.84. The van der Waals surface area contributed by atoms with Crippen molar-refractivity contribution in [3.05, 3.63) is 17.3 Å². The molecular formula is C12H13ClF3NO4. The molecule has 0 aromatic carbocycles. The van der Waals surface area contributed by atoms with Gasteiger partial charge in [-0.25, -0.2) is 4.98 Å². The molecule has 1 aromatic rings. The number of pyridine rings is 1. The quantitative estimate of drug-likeness (QED) is 0.594. The minimum Gasteiger partial charge on any atom is -0.491 e. The topological polar surface area (TPSA) is 57.7 Å². The highest BCUT2D eigenvalue weighted by Gasteiger charge is 2.34. The Bertz CT molecular complexity index is 508. The van der Waals surface area contributed by atoms with E-state index in [0.29, 0.717) is 0 Å². The smallest absolute Gasteiger partial charge is 0.491 e. The highest BCUT2D eigenvalue weighted by molar-refractivity contribution is 6.17. The van der Waals surface area contributed by atoms with Crippen molar-refractivity contribution < 1.29 is 32.2 Å². The van der Waals surface area contributed by atoms with Gasteiger partial charge in [-0.15, -0.1) is 24.8 Å². The van der Waals surface area contributed by atoms with E-state index in [1.807, 2.05) is 0 Å². The molecule has 0 aliphatic carbocycles. The number of carbonyl (C=O) groups excluding carboxylic acids is 1. The molecule has 0 fully saturated rings. The zero-order valence-corrected chi connectivity index (χ0v) is 12.0. The molecule has 0 spiro atoms. The summed E-state index contributed by atoms with van der Waals surface area (Å²) in [5, 5.41) is 0. The average molecular weight is 328 g/mol. The summed E-state index contributed by atoms with van der Waals surface area (Å²) in [5.74, 6) is -1.76. The molecule has 21 heavy (non-hydrogen) atoms. The third-order valence-corrected chi connectivity index (χ3v) is 2.55. The molecule has 0 radical (unpaired) electrons. The van der Waals surface area contributed by atoms with Gasteiger partial charge in [0.05, 0.1) is 31.7 Å². The molecular weight excluding hydrogens is 315 g/mol. The Balaban J connectivity index is 3.16. The van der Waals surface area contributed by atoms with Gasteiger partial charge in [0, 0.05) is 5.56 Å². The number of aromatic nitrogens is 1. The molecule has 1 aromatic heterocycles. The Morgan fingerprint density at radius 3 is 2.57 bits per heavy atom. The van der Waals surface area contributed by atoms with Crippen LogP contribution in [0.15, 0.2) is 6.07 Å². The van der Waals surface area contributed by atoms with Crippen LogP contribution in [0.25, 0.3) is 0 Å². The van der Waals surface area contributed by atoms with Crippen molar-refractivity contribution in [3.63, 3.8) is 0 Å². The predicted molar refractivity (Wildman–Crippen MR) is 67.4 cm³/mol. The summed E-state index contributed by atoms with van der Waals surface area (Å²) < 4.78 is 50.4. The summed E-state index contributed by atoms with van der Waals surface area (Å²) in [4.78, 5) is 15.0. The molecule has 0 unspecified atom stereocenters. The van der Waals surface area contributed by atoms with Crippen molar-refractivity contribution in [2.45, 2.75) is 25.6 Å². The standard InChI is InChI=1S/C12H13ClF3NO4/c1-3-20-9(18)5-8-4-7(6-13)10(19-2)11(17-8)21-12(14,15)16/h4H,3,5-6H2,1-2H3. The van der Waals surface area contributed by atoms with Gasteiger partial charge in [-0.2, -0.15) is 0 Å². The van der Waals surface area contributed by atoms with Gasteiger partial charge in [-0.3, -0.25) is 4.79 Å². The maximum Gasteiger partial charge on any atom is 0.574 e. The van der Waals surface area contributed by atoms with Crippen molar-refractivity contribution >= 4 is 17.6 Å². The first kappa shape index (κ1) is 17.4. The normalized spacial score (nSPS) is 11.1. The van der Waals surface area contributed by atoms with Crippen molar-refractivity contribution in [1.29, 1.82) is 0 Å². The van der Waals surface area contributed by atoms with E-state index in [9.17, 15) is 18.0 Å². The number of ether oxygens (including phenoxy) is 3. The second kappa shape index (κ2) is 7.35. The third-order valence-electron chi connectivity index (χ3n) is 2.26. The minimum atomic E-state index is -4.94. The van der Waals surface area contributed by atoms with Gasteiger partial charge in [-0.05, 0) is 13.0 Å². The van der Waals surface area contributed by atoms with Crippen molar-refractivity contribution in [3.8, 4) is 11.6 Å². The summed E-state index contributed by atoms with van der Waals surface area (Å²) in [6.07, 6.45) is -5.23. The van der Waals surface area contributed by atoms with E-state index in [-0.39, 0.29) is 35.9 Å². The lowest BCUT2D eigenvalue weighted by molar-refractivity contribution is -0.276. The maximum absolute atomic E-state index is 12.4. The average Bonchev–Trinajstić information content (AvgIpc) is 2.36. The minimum absolute atomic E-state index is 0.0455. The summed E-state index contributed by atoms with van der Waals surface area (Å²) in [7, 11) is 1.17. The predicted octanol–water partition coefficient (Wildman–Crippen LogP) is 2.83. The van der Waals surface area contributed by atoms with Crippen molar-refractivity contribution in [2.24, 2.45) is 0 Å². The molecule has 0 aliphatic rings. The van der Waals surface area contributed by atoms with Gasteiger partial charge in [0.1, 0.15) is 0 Å². The number of hydrogen-bond acceptors (Lipinski definition) is 5. The van der Waals surface area contributed by atoms with Gasteiger partial charge in [-0.1, -0.05) is 0 Å². The molecule has 1 rings (SSSR count). The molecule has 5 nitrogen and oxygen atoms in total. The summed E-state index contributed by atoms with van der Waals surface area (Å²) in [5.41, 5.74) is 0.275. The second-order valence-electron chi connectivity index (χ2n) is 3.77. The largest absolute Gasteiger partial charge is 0.574 e. The molecule has 1 heterocycles. The number of rotatable bonds is 6. The van der Waals surface area contributed by atoms with Crippen LogP contribution in [-0.4, -0.2) is 31.0 Å². The summed E-state index contributed by atoms with van der Waals surface area (Å²) in [6.45, 7) is 1.77. The van der Waals surface area contributed by atoms with E-state index < -0.39 is 18.2 Å². The Morgan fingerprint density at radius 2 is 2.10 bits per heavy atom. The summed E-state index contributed by atoms with van der Waals surface area (Å²) >= 11 is 5.66. The molecule has 118 valence electrons. The fourth-order valence-corrected chi connectivity index (χ4v) is 1.76. The van der Waals surface area contributed by atoms with E-state index in [2.05, 4.69) is 9.72 Å². The monoisotopic (exact) mass is 327 g/mol. The number of carbonyl (C=O) groups is 1. The van der Waals surface area contributed by atoms with E-state index in [1.165, 1.54) is 13.2 Å². The highest BCUT2D eigenvalue weighted by atomic mass is 35.5. The van der Waals surface area contributed by atoms with Crippen LogP contribution in [0, 0.1) is 0 Å². The van der Waals surface area contributed by atoms with Crippen LogP contribution >= 0.6 is 11.6 Å². The molecule has 0 atom stereocenters. The Morgan fingerprint density at radius 1 is 1.43 bits per heavy atom. The Labute approximate surface area is 124 Å². The van der Waals surface area contributed by atoms with E-state index >= 15 is 0 Å². The van der Waals surface area contributed by atoms with Crippen LogP contribution in [0.2, 0.25) is 0 Å². The number of halogens is 4. The Hall–Kier alpha value is -1.70. The zero-order valence-electron chi connectivity index (χ0n) is 11.3. The number of esters is 1. The van der Waals surface area contributed by atoms with Gasteiger partial charge < -0.3 is 14.2 Å². The van der Waals surface area contributed by atoms with E-state index in [1.54, 1.807) is 6.92 Å². The highest BCUT2D eigenvalue weighted by Crippen LogP contribution is 2.34. The number of methoxy groups -OCH3 is 1. The Kier molecular flexibility index (Phi) is 6.07. The first-order valence-corrected chi connectivity index (χ1v) is 6.38. The SMILES string of the molecule is CCOC(=O)Cc1cc(CCl)c(OC)c(OC(F)(F)F)n1. The third kappa shape index (κ3) is 5.30. The second-order valence-corrected chi connectivity index (χ2v) is 4.04. The van der Waals surface area contributed by atoms with Gasteiger partial charge in [0.15, 0.2) is 5.75 Å². The van der Waals surface area contributed by atoms with Gasteiger partial charge in [0.25, 0.3) is 5.88 Å². The number of nitrogens with zero attached hydrogens (tertiary/aromatic N) is 1. The molecule has 0 saturated heterocycles. The maximum atomic E-state index is 12.4. The number of hydrogen-bond donors (Lipinski definition) is 0. The van der Waals surface area contributed by atoms with Gasteiger partial charge in [0.2, 0.25) is 0 Å². The molecule has 0 aliphatic heterocycles. The van der Waals surface area contributed by atoms with Crippen LogP contribution in [-0.2, 0) is 21.8 Å².